The predicted molar refractivity (Wildman–Crippen MR) is 272 cm³/mol. The van der Waals surface area contributed by atoms with E-state index in [1.165, 1.54) is 48.9 Å². The van der Waals surface area contributed by atoms with E-state index in [1.807, 2.05) is 53.0 Å². The molecule has 23 heteroatoms. The molecule has 3 amide bonds. The van der Waals surface area contributed by atoms with Crippen molar-refractivity contribution in [3.63, 3.8) is 0 Å². The molecule has 0 saturated carbocycles. The van der Waals surface area contributed by atoms with Crippen LogP contribution >= 0.6 is 23.1 Å². The third-order valence-electron chi connectivity index (χ3n) is 11.7. The summed E-state index contributed by atoms with van der Waals surface area (Å²) in [6.07, 6.45) is 6.34. The molecule has 6 aromatic rings. The molecule has 384 valence electrons. The molecular formula is C49H60FN11O9S2. The molecule has 72 heavy (non-hydrogen) atoms. The van der Waals surface area contributed by atoms with Crippen LogP contribution in [0.3, 0.4) is 0 Å². The van der Waals surface area contributed by atoms with Gasteiger partial charge in [-0.25, -0.2) is 33.7 Å². The van der Waals surface area contributed by atoms with Crippen LogP contribution in [-0.4, -0.2) is 139 Å². The third-order valence-corrected chi connectivity index (χ3v) is 13.4. The Bertz CT molecular complexity index is 3050. The Morgan fingerprint density at radius 2 is 1.43 bits per heavy atom. The molecule has 7 rings (SSSR count). The van der Waals surface area contributed by atoms with Gasteiger partial charge in [0.05, 0.1) is 64.9 Å². The fraction of sp³-hybridized carbons (Fsp3) is 0.449. The molecule has 0 unspecified atom stereocenters. The van der Waals surface area contributed by atoms with Gasteiger partial charge in [-0.2, -0.15) is 5.10 Å². The Morgan fingerprint density at radius 1 is 0.833 bits per heavy atom. The highest BCUT2D eigenvalue weighted by atomic mass is 32.2. The highest BCUT2D eigenvalue weighted by Gasteiger charge is 2.28. The Kier molecular flexibility index (Phi) is 16.7. The molecule has 1 aliphatic heterocycles. The summed E-state index contributed by atoms with van der Waals surface area (Å²) in [5, 5.41) is 10.7. The summed E-state index contributed by atoms with van der Waals surface area (Å²) in [5.74, 6) is -2.50. The number of aryl methyl sites for hydroxylation is 4. The number of piperazine rings is 1. The number of imidazole rings is 2. The highest BCUT2D eigenvalue weighted by Crippen LogP contribution is 2.34. The number of esters is 2. The standard InChI is InChI=1S/C49H60FN11O9S2/c1-11-32-41(72-29(4)51-32)43(63)55-47-52-33-24-30(44(64)67-8)26-35(69-23-15-16-57-19-21-58(22-20-57)48(66)70-49(5,6)7)38(33)59(47)17-13-14-18-60-39-34(25-31(45(65)68-9)27-36(39)71-10)53-46(60)54-42(62)40-37(50)28(3)56-61(40)12-2/h13-14,24-27H,11-12,15-23H2,1-10H3,(H,52,55,63)(H,53,54,62)/b14-13+. The lowest BCUT2D eigenvalue weighted by molar-refractivity contribution is 0.0141. The van der Waals surface area contributed by atoms with E-state index in [9.17, 15) is 24.0 Å². The van der Waals surface area contributed by atoms with Gasteiger partial charge < -0.3 is 33.0 Å². The molecule has 0 radical (unpaired) electrons. The van der Waals surface area contributed by atoms with Crippen molar-refractivity contribution < 1.29 is 47.3 Å². The number of allylic oxidation sites excluding steroid dienone is 2. The monoisotopic (exact) mass is 1030 g/mol. The summed E-state index contributed by atoms with van der Waals surface area (Å²) in [6, 6.07) is 6.42. The van der Waals surface area contributed by atoms with E-state index in [2.05, 4.69) is 25.6 Å². The summed E-state index contributed by atoms with van der Waals surface area (Å²) < 4.78 is 42.3. The van der Waals surface area contributed by atoms with E-state index in [0.29, 0.717) is 88.8 Å². The molecule has 2 aromatic carbocycles. The Balaban J connectivity index is 1.22. The molecule has 1 saturated heterocycles. The number of thiazole rings is 1. The second-order valence-electron chi connectivity index (χ2n) is 17.8. The zero-order valence-corrected chi connectivity index (χ0v) is 43.8. The van der Waals surface area contributed by atoms with E-state index in [1.54, 1.807) is 45.2 Å². The van der Waals surface area contributed by atoms with Gasteiger partial charge in [0.2, 0.25) is 11.9 Å². The number of hydrogen-bond acceptors (Lipinski definition) is 16. The topological polar surface area (TPSA) is 219 Å². The van der Waals surface area contributed by atoms with Gasteiger partial charge in [0.1, 0.15) is 21.7 Å². The van der Waals surface area contributed by atoms with Gasteiger partial charge in [0, 0.05) is 57.3 Å². The third kappa shape index (κ3) is 11.7. The lowest BCUT2D eigenvalue weighted by Crippen LogP contribution is -2.50. The SMILES string of the molecule is CCc1nc(C)sc1C(=O)Nc1nc2cc(C(=O)OC)cc(OCCCN3CCN(C(=O)OC(C)(C)C)CC3)c2n1C/C=C/Cn1c(NC(=O)c2c(F)c(C)nn2CC)nc2cc(C(=O)OC)cc(SC)c21. The van der Waals surface area contributed by atoms with Crippen LogP contribution in [0.2, 0.25) is 0 Å². The van der Waals surface area contributed by atoms with Gasteiger partial charge in [-0.15, -0.1) is 23.1 Å². The minimum atomic E-state index is -0.762. The van der Waals surface area contributed by atoms with Crippen molar-refractivity contribution in [2.24, 2.45) is 0 Å². The van der Waals surface area contributed by atoms with Crippen LogP contribution in [-0.2, 0) is 40.3 Å². The molecule has 4 aromatic heterocycles. The van der Waals surface area contributed by atoms with Gasteiger partial charge in [0.15, 0.2) is 11.5 Å². The van der Waals surface area contributed by atoms with E-state index < -0.39 is 35.2 Å². The number of thioether (sulfide) groups is 1. The average molecular weight is 1030 g/mol. The van der Waals surface area contributed by atoms with Crippen molar-refractivity contribution in [3.8, 4) is 5.75 Å². The Hall–Kier alpha value is -6.85. The van der Waals surface area contributed by atoms with Gasteiger partial charge in [-0.3, -0.25) is 29.8 Å². The molecule has 1 fully saturated rings. The lowest BCUT2D eigenvalue weighted by atomic mass is 10.2. The zero-order valence-electron chi connectivity index (χ0n) is 42.1. The van der Waals surface area contributed by atoms with E-state index in [-0.39, 0.29) is 66.7 Å². The number of ether oxygens (including phenoxy) is 4. The van der Waals surface area contributed by atoms with E-state index >= 15 is 4.39 Å². The number of methoxy groups -OCH3 is 2. The van der Waals surface area contributed by atoms with Gasteiger partial charge >= 0.3 is 18.0 Å². The maximum Gasteiger partial charge on any atom is 0.410 e. The molecule has 2 N–H and O–H groups in total. The smallest absolute Gasteiger partial charge is 0.410 e. The number of fused-ring (bicyclic) bond motifs is 2. The number of amides is 3. The average Bonchev–Trinajstić information content (AvgIpc) is 4.10. The molecule has 0 bridgehead atoms. The number of aromatic nitrogens is 7. The van der Waals surface area contributed by atoms with Crippen molar-refractivity contribution in [3.05, 3.63) is 80.3 Å². The molecule has 0 aliphatic carbocycles. The first-order valence-electron chi connectivity index (χ1n) is 23.5. The number of rotatable bonds is 18. The number of hydrogen-bond donors (Lipinski definition) is 2. The minimum absolute atomic E-state index is 0.0727. The highest BCUT2D eigenvalue weighted by molar-refractivity contribution is 7.98. The van der Waals surface area contributed by atoms with Crippen molar-refractivity contribution in [2.75, 3.05) is 70.4 Å². The molecular weight excluding hydrogens is 970 g/mol. The van der Waals surface area contributed by atoms with Gasteiger partial charge in [-0.05, 0) is 84.9 Å². The van der Waals surface area contributed by atoms with Crippen LogP contribution < -0.4 is 15.4 Å². The maximum atomic E-state index is 15.3. The number of anilines is 2. The summed E-state index contributed by atoms with van der Waals surface area (Å²) in [4.78, 5) is 85.4. The Labute approximate surface area is 424 Å². The quantitative estimate of drug-likeness (QED) is 0.0276. The summed E-state index contributed by atoms with van der Waals surface area (Å²) in [7, 11) is 2.57. The van der Waals surface area contributed by atoms with E-state index in [4.69, 9.17) is 28.9 Å². The lowest BCUT2D eigenvalue weighted by Gasteiger charge is -2.35. The first kappa shape index (κ1) is 53.0. The van der Waals surface area contributed by atoms with Crippen molar-refractivity contribution >= 4 is 86.9 Å². The molecule has 0 atom stereocenters. The van der Waals surface area contributed by atoms with Crippen LogP contribution in [0.1, 0.15) is 98.3 Å². The molecule has 20 nitrogen and oxygen atoms in total. The first-order valence-corrected chi connectivity index (χ1v) is 25.5. The first-order chi connectivity index (χ1) is 34.4. The number of carbonyl (C=O) groups excluding carboxylic acids is 5. The molecule has 5 heterocycles. The molecule has 1 aliphatic rings. The van der Waals surface area contributed by atoms with Crippen LogP contribution in [0.5, 0.6) is 5.75 Å². The van der Waals surface area contributed by atoms with Crippen LogP contribution in [0.4, 0.5) is 21.1 Å². The number of nitrogens with one attached hydrogen (secondary N) is 2. The second kappa shape index (κ2) is 22.7. The van der Waals surface area contributed by atoms with Crippen molar-refractivity contribution in [2.45, 2.75) is 91.4 Å². The number of benzene rings is 2. The normalized spacial score (nSPS) is 13.3. The van der Waals surface area contributed by atoms with Crippen LogP contribution in [0.25, 0.3) is 22.1 Å². The van der Waals surface area contributed by atoms with Crippen molar-refractivity contribution in [1.82, 2.24) is 43.7 Å². The summed E-state index contributed by atoms with van der Waals surface area (Å²) >= 11 is 2.64. The van der Waals surface area contributed by atoms with Crippen LogP contribution in [0, 0.1) is 19.7 Å². The maximum absolute atomic E-state index is 15.3. The van der Waals surface area contributed by atoms with E-state index in [0.717, 1.165) is 5.01 Å². The fourth-order valence-corrected chi connectivity index (χ4v) is 9.82. The zero-order chi connectivity index (χ0) is 52.0. The number of nitrogens with zero attached hydrogens (tertiary/aromatic N) is 9. The predicted octanol–water partition coefficient (Wildman–Crippen LogP) is 7.75. The number of halogens is 1. The Morgan fingerprint density at radius 3 is 2.01 bits per heavy atom. The minimum Gasteiger partial charge on any atom is -0.491 e. The largest absolute Gasteiger partial charge is 0.491 e. The summed E-state index contributed by atoms with van der Waals surface area (Å²) in [6.45, 7) is 16.4. The molecule has 0 spiro atoms. The second-order valence-corrected chi connectivity index (χ2v) is 19.8. The number of carbonyl (C=O) groups is 5. The summed E-state index contributed by atoms with van der Waals surface area (Å²) in [5.41, 5.74) is 2.17. The van der Waals surface area contributed by atoms with Gasteiger partial charge in [0.25, 0.3) is 11.8 Å². The van der Waals surface area contributed by atoms with Gasteiger partial charge in [-0.1, -0.05) is 19.1 Å². The van der Waals surface area contributed by atoms with Crippen LogP contribution in [0.15, 0.2) is 41.3 Å². The van der Waals surface area contributed by atoms with Crippen molar-refractivity contribution in [1.29, 1.82) is 0 Å². The fourth-order valence-electron chi connectivity index (χ4n) is 8.27.